The second-order valence-corrected chi connectivity index (χ2v) is 8.48. The minimum atomic E-state index is -0.109. The number of benzene rings is 3. The third-order valence-electron chi connectivity index (χ3n) is 6.60. The van der Waals surface area contributed by atoms with Gasteiger partial charge in [-0.3, -0.25) is 4.79 Å². The average Bonchev–Trinajstić information content (AvgIpc) is 3.32. The lowest BCUT2D eigenvalue weighted by Gasteiger charge is -2.32. The predicted octanol–water partition coefficient (Wildman–Crippen LogP) is 5.34. The van der Waals surface area contributed by atoms with E-state index in [0.717, 1.165) is 29.4 Å². The number of nitrogens with one attached hydrogen (secondary N) is 2. The zero-order chi connectivity index (χ0) is 20.5. The second kappa shape index (κ2) is 7.93. The van der Waals surface area contributed by atoms with Crippen molar-refractivity contribution in [3.05, 3.63) is 76.9 Å². The zero-order valence-corrected chi connectivity index (χ0v) is 16.9. The number of nitrogens with zero attached hydrogens (tertiary/aromatic N) is 1. The van der Waals surface area contributed by atoms with Gasteiger partial charge < -0.3 is 10.6 Å². The van der Waals surface area contributed by atoms with Gasteiger partial charge in [0.15, 0.2) is 0 Å². The molecule has 2 aliphatic rings. The van der Waals surface area contributed by atoms with Crippen LogP contribution in [0.4, 0.5) is 5.69 Å². The van der Waals surface area contributed by atoms with Crippen molar-refractivity contribution >= 4 is 22.4 Å². The quantitative estimate of drug-likeness (QED) is 0.629. The lowest BCUT2D eigenvalue weighted by atomic mass is 9.85. The zero-order valence-electron chi connectivity index (χ0n) is 16.9. The normalized spacial score (nSPS) is 18.7. The predicted molar refractivity (Wildman–Crippen MR) is 119 cm³/mol. The van der Waals surface area contributed by atoms with Gasteiger partial charge in [-0.15, -0.1) is 0 Å². The molecule has 1 aliphatic heterocycles. The van der Waals surface area contributed by atoms with Crippen LogP contribution in [0, 0.1) is 17.2 Å². The van der Waals surface area contributed by atoms with E-state index in [9.17, 15) is 4.79 Å². The molecule has 5 rings (SSSR count). The van der Waals surface area contributed by atoms with Crippen molar-refractivity contribution in [2.75, 3.05) is 11.9 Å². The maximum absolute atomic E-state index is 12.9. The minimum absolute atomic E-state index is 0.109. The SMILES string of the molecule is N#Cc1ccc2cc(C(=O)Nc3ccc4c(c3)C(C3CCCC3)NCC4)ccc2c1. The van der Waals surface area contributed by atoms with Gasteiger partial charge in [-0.2, -0.15) is 5.26 Å². The molecule has 3 aromatic carbocycles. The smallest absolute Gasteiger partial charge is 0.255 e. The van der Waals surface area contributed by atoms with E-state index < -0.39 is 0 Å². The Morgan fingerprint density at radius 2 is 1.80 bits per heavy atom. The second-order valence-electron chi connectivity index (χ2n) is 8.48. The van der Waals surface area contributed by atoms with Crippen LogP contribution in [0.3, 0.4) is 0 Å². The fourth-order valence-corrected chi connectivity index (χ4v) is 5.03. The maximum Gasteiger partial charge on any atom is 0.255 e. The Morgan fingerprint density at radius 1 is 1.00 bits per heavy atom. The van der Waals surface area contributed by atoms with Gasteiger partial charge in [0.25, 0.3) is 5.91 Å². The number of carbonyl (C=O) groups is 1. The summed E-state index contributed by atoms with van der Waals surface area (Å²) in [6, 6.07) is 20.0. The van der Waals surface area contributed by atoms with Crippen molar-refractivity contribution in [1.82, 2.24) is 5.32 Å². The Morgan fingerprint density at radius 3 is 2.63 bits per heavy atom. The topological polar surface area (TPSA) is 64.9 Å². The van der Waals surface area contributed by atoms with Crippen LogP contribution < -0.4 is 10.6 Å². The van der Waals surface area contributed by atoms with Crippen molar-refractivity contribution in [3.8, 4) is 6.07 Å². The highest BCUT2D eigenvalue weighted by Crippen LogP contribution is 2.39. The van der Waals surface area contributed by atoms with Gasteiger partial charge in [0.1, 0.15) is 0 Å². The first-order valence-electron chi connectivity index (χ1n) is 10.8. The highest BCUT2D eigenvalue weighted by Gasteiger charge is 2.30. The summed E-state index contributed by atoms with van der Waals surface area (Å²) in [6.07, 6.45) is 6.28. The molecule has 1 unspecified atom stereocenters. The monoisotopic (exact) mass is 395 g/mol. The molecule has 2 N–H and O–H groups in total. The molecule has 1 aliphatic carbocycles. The van der Waals surface area contributed by atoms with Gasteiger partial charge in [-0.05, 0) is 90.0 Å². The Balaban J connectivity index is 1.39. The number of nitriles is 1. The summed E-state index contributed by atoms with van der Waals surface area (Å²) < 4.78 is 0. The van der Waals surface area contributed by atoms with Gasteiger partial charge in [0, 0.05) is 17.3 Å². The van der Waals surface area contributed by atoms with Crippen molar-refractivity contribution < 1.29 is 4.79 Å². The number of anilines is 1. The maximum atomic E-state index is 12.9. The van der Waals surface area contributed by atoms with Crippen LogP contribution in [0.25, 0.3) is 10.8 Å². The molecule has 0 saturated heterocycles. The van der Waals surface area contributed by atoms with Gasteiger partial charge in [-0.1, -0.05) is 31.0 Å². The summed E-state index contributed by atoms with van der Waals surface area (Å²) in [4.78, 5) is 12.9. The first-order valence-corrected chi connectivity index (χ1v) is 10.8. The van der Waals surface area contributed by atoms with E-state index in [1.54, 1.807) is 6.07 Å². The molecule has 1 amide bonds. The number of fused-ring (bicyclic) bond motifs is 2. The Hall–Kier alpha value is -3.16. The largest absolute Gasteiger partial charge is 0.322 e. The molecule has 0 aromatic heterocycles. The van der Waals surface area contributed by atoms with E-state index in [1.165, 1.54) is 36.8 Å². The molecule has 4 heteroatoms. The number of amides is 1. The van der Waals surface area contributed by atoms with Crippen LogP contribution in [0.1, 0.15) is 58.8 Å². The van der Waals surface area contributed by atoms with Crippen LogP contribution in [0.15, 0.2) is 54.6 Å². The molecule has 3 aromatic rings. The van der Waals surface area contributed by atoms with Crippen molar-refractivity contribution in [2.45, 2.75) is 38.1 Å². The van der Waals surface area contributed by atoms with Gasteiger partial charge in [-0.25, -0.2) is 0 Å². The molecule has 4 nitrogen and oxygen atoms in total. The van der Waals surface area contributed by atoms with E-state index in [0.29, 0.717) is 23.1 Å². The first-order chi connectivity index (χ1) is 14.7. The lowest BCUT2D eigenvalue weighted by Crippen LogP contribution is -2.34. The molecular weight excluding hydrogens is 370 g/mol. The van der Waals surface area contributed by atoms with Crippen molar-refractivity contribution in [2.24, 2.45) is 5.92 Å². The average molecular weight is 396 g/mol. The Kier molecular flexibility index (Phi) is 4.98. The fourth-order valence-electron chi connectivity index (χ4n) is 5.03. The van der Waals surface area contributed by atoms with Gasteiger partial charge >= 0.3 is 0 Å². The van der Waals surface area contributed by atoms with E-state index in [2.05, 4.69) is 28.8 Å². The highest BCUT2D eigenvalue weighted by atomic mass is 16.1. The molecular formula is C26H25N3O. The summed E-state index contributed by atoms with van der Waals surface area (Å²) in [5, 5.41) is 17.8. The number of rotatable bonds is 3. The molecule has 30 heavy (non-hydrogen) atoms. The first kappa shape index (κ1) is 18.8. The van der Waals surface area contributed by atoms with E-state index in [-0.39, 0.29) is 5.91 Å². The summed E-state index contributed by atoms with van der Waals surface area (Å²) in [5.74, 6) is 0.594. The van der Waals surface area contributed by atoms with Crippen molar-refractivity contribution in [3.63, 3.8) is 0 Å². The summed E-state index contributed by atoms with van der Waals surface area (Å²) >= 11 is 0. The number of hydrogen-bond donors (Lipinski definition) is 2. The third-order valence-corrected chi connectivity index (χ3v) is 6.60. The van der Waals surface area contributed by atoms with Crippen LogP contribution in [0.2, 0.25) is 0 Å². The minimum Gasteiger partial charge on any atom is -0.322 e. The molecule has 1 fully saturated rings. The molecule has 1 atom stereocenters. The highest BCUT2D eigenvalue weighted by molar-refractivity contribution is 6.06. The van der Waals surface area contributed by atoms with Crippen LogP contribution in [-0.4, -0.2) is 12.5 Å². The van der Waals surface area contributed by atoms with Crippen LogP contribution >= 0.6 is 0 Å². The number of carbonyl (C=O) groups excluding carboxylic acids is 1. The van der Waals surface area contributed by atoms with Crippen LogP contribution in [-0.2, 0) is 6.42 Å². The molecule has 0 spiro atoms. The molecule has 150 valence electrons. The number of hydrogen-bond acceptors (Lipinski definition) is 3. The van der Waals surface area contributed by atoms with E-state index in [4.69, 9.17) is 5.26 Å². The third kappa shape index (κ3) is 3.58. The molecule has 0 bridgehead atoms. The Labute approximate surface area is 176 Å². The van der Waals surface area contributed by atoms with E-state index in [1.807, 2.05) is 36.4 Å². The summed E-state index contributed by atoms with van der Waals surface area (Å²) in [7, 11) is 0. The molecule has 1 heterocycles. The fraction of sp³-hybridized carbons (Fsp3) is 0.308. The van der Waals surface area contributed by atoms with Crippen LogP contribution in [0.5, 0.6) is 0 Å². The van der Waals surface area contributed by atoms with Crippen molar-refractivity contribution in [1.29, 1.82) is 5.26 Å². The van der Waals surface area contributed by atoms with E-state index >= 15 is 0 Å². The summed E-state index contributed by atoms with van der Waals surface area (Å²) in [5.41, 5.74) is 4.86. The molecule has 0 radical (unpaired) electrons. The van der Waals surface area contributed by atoms with Gasteiger partial charge in [0.2, 0.25) is 0 Å². The lowest BCUT2D eigenvalue weighted by molar-refractivity contribution is 0.102. The summed E-state index contributed by atoms with van der Waals surface area (Å²) in [6.45, 7) is 1.03. The Bertz CT molecular complexity index is 1150. The van der Waals surface area contributed by atoms with Gasteiger partial charge in [0.05, 0.1) is 11.6 Å². The standard InChI is InChI=1S/C26H25N3O/c27-16-17-5-6-21-14-22(8-7-20(21)13-17)26(30)29-23-10-9-18-11-12-28-25(24(18)15-23)19-3-1-2-4-19/h5-10,13-15,19,25,28H,1-4,11-12H2,(H,29,30). The molecule has 1 saturated carbocycles.